The van der Waals surface area contributed by atoms with Gasteiger partial charge in [0.2, 0.25) is 5.91 Å². The van der Waals surface area contributed by atoms with E-state index in [1.165, 1.54) is 0 Å². The van der Waals surface area contributed by atoms with Crippen LogP contribution in [0.3, 0.4) is 0 Å². The highest BCUT2D eigenvalue weighted by Gasteiger charge is 2.62. The van der Waals surface area contributed by atoms with Crippen LogP contribution in [0.2, 0.25) is 0 Å². The van der Waals surface area contributed by atoms with Crippen molar-refractivity contribution < 1.29 is 9.53 Å². The molecule has 1 heterocycles. The van der Waals surface area contributed by atoms with Crippen molar-refractivity contribution in [3.8, 4) is 0 Å². The zero-order valence-electron chi connectivity index (χ0n) is 13.1. The summed E-state index contributed by atoms with van der Waals surface area (Å²) in [6.07, 6.45) is 2.28. The van der Waals surface area contributed by atoms with Crippen LogP contribution < -0.4 is 11.1 Å². The Morgan fingerprint density at radius 3 is 3.00 bits per heavy atom. The van der Waals surface area contributed by atoms with E-state index in [2.05, 4.69) is 15.5 Å². The third-order valence-electron chi connectivity index (χ3n) is 4.93. The Labute approximate surface area is 129 Å². The number of aromatic amines is 1. The molecule has 2 unspecified atom stereocenters. The number of nitrogens with two attached hydrogens (primary N) is 1. The number of carbonyl (C=O) groups is 1. The predicted octanol–water partition coefficient (Wildman–Crippen LogP) is 2.03. The van der Waals surface area contributed by atoms with Gasteiger partial charge in [-0.2, -0.15) is 5.10 Å². The fourth-order valence-electron chi connectivity index (χ4n) is 3.08. The van der Waals surface area contributed by atoms with Crippen molar-refractivity contribution in [2.45, 2.75) is 38.8 Å². The molecule has 1 aromatic carbocycles. The number of ether oxygens (including phenoxy) is 1. The molecule has 6 heteroatoms. The summed E-state index contributed by atoms with van der Waals surface area (Å²) in [4.78, 5) is 12.6. The molecule has 1 aromatic heterocycles. The van der Waals surface area contributed by atoms with Crippen LogP contribution in [0.5, 0.6) is 0 Å². The molecule has 6 nitrogen and oxygen atoms in total. The first kappa shape index (κ1) is 15.0. The number of hydrogen-bond donors (Lipinski definition) is 3. The highest BCUT2D eigenvalue weighted by atomic mass is 16.5. The smallest absolute Gasteiger partial charge is 0.245 e. The first-order chi connectivity index (χ1) is 10.4. The normalized spacial score (nSPS) is 26.6. The molecule has 0 aliphatic heterocycles. The van der Waals surface area contributed by atoms with Crippen LogP contribution in [0.4, 0.5) is 5.69 Å². The second-order valence-corrected chi connectivity index (χ2v) is 6.47. The fourth-order valence-corrected chi connectivity index (χ4v) is 3.08. The number of amides is 1. The molecule has 118 valence electrons. The van der Waals surface area contributed by atoms with E-state index in [0.717, 1.165) is 16.6 Å². The largest absolute Gasteiger partial charge is 0.378 e. The molecule has 22 heavy (non-hydrogen) atoms. The molecule has 1 fully saturated rings. The molecule has 0 bridgehead atoms. The van der Waals surface area contributed by atoms with Gasteiger partial charge in [0.1, 0.15) is 5.54 Å². The number of benzene rings is 1. The lowest BCUT2D eigenvalue weighted by molar-refractivity contribution is -0.166. The van der Waals surface area contributed by atoms with Crippen molar-refractivity contribution in [1.82, 2.24) is 10.2 Å². The van der Waals surface area contributed by atoms with Crippen LogP contribution in [-0.2, 0) is 9.53 Å². The number of aromatic nitrogens is 2. The number of H-pyrrole nitrogens is 1. The summed E-state index contributed by atoms with van der Waals surface area (Å²) >= 11 is 0. The monoisotopic (exact) mass is 302 g/mol. The van der Waals surface area contributed by atoms with Gasteiger partial charge in [0.15, 0.2) is 0 Å². The lowest BCUT2D eigenvalue weighted by Crippen LogP contribution is -2.74. The Kier molecular flexibility index (Phi) is 3.45. The highest BCUT2D eigenvalue weighted by molar-refractivity contribution is 6.01. The Morgan fingerprint density at radius 2 is 2.32 bits per heavy atom. The summed E-state index contributed by atoms with van der Waals surface area (Å²) in [6.45, 7) is 6.54. The summed E-state index contributed by atoms with van der Waals surface area (Å²) in [5.41, 5.74) is 6.71. The molecule has 0 saturated heterocycles. The molecular formula is C16H22N4O2. The van der Waals surface area contributed by atoms with E-state index in [0.29, 0.717) is 13.0 Å². The molecule has 2 atom stereocenters. The zero-order chi connectivity index (χ0) is 16.0. The fraction of sp³-hybridized carbons (Fsp3) is 0.500. The zero-order valence-corrected chi connectivity index (χ0v) is 13.1. The highest BCUT2D eigenvalue weighted by Crippen LogP contribution is 2.50. The molecule has 1 aliphatic rings. The molecule has 2 aromatic rings. The second-order valence-electron chi connectivity index (χ2n) is 6.47. The molecule has 4 N–H and O–H groups in total. The van der Waals surface area contributed by atoms with E-state index in [1.54, 1.807) is 6.20 Å². The number of rotatable bonds is 4. The first-order valence-corrected chi connectivity index (χ1v) is 7.53. The Balaban J connectivity index is 1.76. The van der Waals surface area contributed by atoms with Crippen molar-refractivity contribution in [2.75, 3.05) is 11.9 Å². The average Bonchev–Trinajstić information content (AvgIpc) is 2.94. The lowest BCUT2D eigenvalue weighted by atomic mass is 9.54. The van der Waals surface area contributed by atoms with Crippen LogP contribution in [0, 0.1) is 5.41 Å². The Hall–Kier alpha value is -1.92. The van der Waals surface area contributed by atoms with E-state index in [1.807, 2.05) is 39.0 Å². The lowest BCUT2D eigenvalue weighted by Gasteiger charge is -2.57. The maximum absolute atomic E-state index is 12.6. The standard InChI is InChI=1S/C16H22N4O2/c1-4-22-13-8-16(17,15(13,2)3)14(21)19-11-5-6-12-10(7-11)9-18-20-12/h5-7,9,13H,4,8,17H2,1-3H3,(H,18,20)(H,19,21). The van der Waals surface area contributed by atoms with E-state index < -0.39 is 11.0 Å². The van der Waals surface area contributed by atoms with Gasteiger partial charge in [-0.3, -0.25) is 9.89 Å². The Bertz CT molecular complexity index is 709. The quantitative estimate of drug-likeness (QED) is 0.805. The van der Waals surface area contributed by atoms with Crippen molar-refractivity contribution >= 4 is 22.5 Å². The van der Waals surface area contributed by atoms with Gasteiger partial charge in [0, 0.05) is 29.5 Å². The van der Waals surface area contributed by atoms with Gasteiger partial charge < -0.3 is 15.8 Å². The minimum Gasteiger partial charge on any atom is -0.378 e. The number of hydrogen-bond acceptors (Lipinski definition) is 4. The third-order valence-corrected chi connectivity index (χ3v) is 4.93. The molecule has 1 saturated carbocycles. The van der Waals surface area contributed by atoms with Gasteiger partial charge in [0.25, 0.3) is 0 Å². The maximum atomic E-state index is 12.6. The van der Waals surface area contributed by atoms with Gasteiger partial charge in [0.05, 0.1) is 17.8 Å². The molecule has 3 rings (SSSR count). The number of nitrogens with zero attached hydrogens (tertiary/aromatic N) is 1. The van der Waals surface area contributed by atoms with Gasteiger partial charge in [-0.25, -0.2) is 0 Å². The van der Waals surface area contributed by atoms with E-state index >= 15 is 0 Å². The molecule has 1 amide bonds. The van der Waals surface area contributed by atoms with Crippen molar-refractivity contribution in [3.63, 3.8) is 0 Å². The van der Waals surface area contributed by atoms with Gasteiger partial charge in [-0.15, -0.1) is 0 Å². The summed E-state index contributed by atoms with van der Waals surface area (Å²) in [5.74, 6) is -0.170. The average molecular weight is 302 g/mol. The van der Waals surface area contributed by atoms with Crippen LogP contribution in [0.25, 0.3) is 10.9 Å². The van der Waals surface area contributed by atoms with E-state index in [4.69, 9.17) is 10.5 Å². The van der Waals surface area contributed by atoms with Gasteiger partial charge in [-0.05, 0) is 25.1 Å². The summed E-state index contributed by atoms with van der Waals surface area (Å²) in [6, 6.07) is 5.61. The van der Waals surface area contributed by atoms with Crippen LogP contribution >= 0.6 is 0 Å². The summed E-state index contributed by atoms with van der Waals surface area (Å²) < 4.78 is 5.66. The van der Waals surface area contributed by atoms with E-state index in [-0.39, 0.29) is 12.0 Å². The number of fused-ring (bicyclic) bond motifs is 1. The molecule has 0 radical (unpaired) electrons. The van der Waals surface area contributed by atoms with Crippen LogP contribution in [0.15, 0.2) is 24.4 Å². The predicted molar refractivity (Wildman–Crippen MR) is 85.5 cm³/mol. The third kappa shape index (κ3) is 2.10. The van der Waals surface area contributed by atoms with Crippen molar-refractivity contribution in [1.29, 1.82) is 0 Å². The number of anilines is 1. The Morgan fingerprint density at radius 1 is 1.55 bits per heavy atom. The van der Waals surface area contributed by atoms with Crippen molar-refractivity contribution in [2.24, 2.45) is 11.1 Å². The summed E-state index contributed by atoms with van der Waals surface area (Å²) in [7, 11) is 0. The topological polar surface area (TPSA) is 93.0 Å². The van der Waals surface area contributed by atoms with Gasteiger partial charge in [-0.1, -0.05) is 13.8 Å². The van der Waals surface area contributed by atoms with Crippen LogP contribution in [0.1, 0.15) is 27.2 Å². The minimum atomic E-state index is -0.918. The number of nitrogens with one attached hydrogen (secondary N) is 2. The molecule has 0 spiro atoms. The molecular weight excluding hydrogens is 280 g/mol. The SMILES string of the molecule is CCOC1CC(N)(C(=O)Nc2ccc3[nH]ncc3c2)C1(C)C. The summed E-state index contributed by atoms with van der Waals surface area (Å²) in [5, 5.41) is 10.7. The van der Waals surface area contributed by atoms with Crippen molar-refractivity contribution in [3.05, 3.63) is 24.4 Å². The molecule has 1 aliphatic carbocycles. The van der Waals surface area contributed by atoms with Crippen LogP contribution in [-0.4, -0.2) is 34.4 Å². The number of carbonyl (C=O) groups excluding carboxylic acids is 1. The second kappa shape index (κ2) is 5.07. The first-order valence-electron chi connectivity index (χ1n) is 7.53. The van der Waals surface area contributed by atoms with Gasteiger partial charge >= 0.3 is 0 Å². The maximum Gasteiger partial charge on any atom is 0.245 e. The van der Waals surface area contributed by atoms with E-state index in [9.17, 15) is 4.79 Å². The minimum absolute atomic E-state index is 0.0182.